The zero-order valence-electron chi connectivity index (χ0n) is 20.6. The molecule has 4 aromatic rings. The van der Waals surface area contributed by atoms with Crippen LogP contribution in [0.4, 0.5) is 5.13 Å². The number of amides is 1. The summed E-state index contributed by atoms with van der Waals surface area (Å²) in [5.74, 6) is -0.440. The SMILES string of the molecule is C=CCN(CC=C)S(=O)(=O)c1ccc(C(=O)N(/N=C/c2ccc(C)cc2)c2nc3ccc(Br)cc3s2)cc1. The number of benzene rings is 3. The first-order chi connectivity index (χ1) is 18.2. The number of carbonyl (C=O) groups is 1. The van der Waals surface area contributed by atoms with Gasteiger partial charge in [-0.1, -0.05) is 69.2 Å². The lowest BCUT2D eigenvalue weighted by Gasteiger charge is -2.19. The van der Waals surface area contributed by atoms with E-state index in [2.05, 4.69) is 39.2 Å². The molecule has 1 heterocycles. The fourth-order valence-corrected chi connectivity index (χ4v) is 6.40. The number of carbonyl (C=O) groups excluding carboxylic acids is 1. The lowest BCUT2D eigenvalue weighted by molar-refractivity contribution is 0.0987. The summed E-state index contributed by atoms with van der Waals surface area (Å²) >= 11 is 4.80. The summed E-state index contributed by atoms with van der Waals surface area (Å²) in [6, 6.07) is 19.2. The van der Waals surface area contributed by atoms with E-state index in [9.17, 15) is 13.2 Å². The number of rotatable bonds is 10. The fraction of sp³-hybridized carbons (Fsp3) is 0.107. The molecule has 0 atom stereocenters. The highest BCUT2D eigenvalue weighted by molar-refractivity contribution is 9.10. The molecule has 0 aliphatic rings. The van der Waals surface area contributed by atoms with E-state index in [1.807, 2.05) is 49.4 Å². The van der Waals surface area contributed by atoms with Crippen molar-refractivity contribution in [2.24, 2.45) is 5.10 Å². The average Bonchev–Trinajstić information content (AvgIpc) is 3.32. The lowest BCUT2D eigenvalue weighted by atomic mass is 10.2. The molecule has 1 aromatic heterocycles. The Morgan fingerprint density at radius 2 is 1.68 bits per heavy atom. The van der Waals surface area contributed by atoms with Gasteiger partial charge in [0.15, 0.2) is 0 Å². The van der Waals surface area contributed by atoms with Crippen LogP contribution in [0.1, 0.15) is 21.5 Å². The van der Waals surface area contributed by atoms with Crippen LogP contribution in [0.2, 0.25) is 0 Å². The molecule has 0 N–H and O–H groups in total. The van der Waals surface area contributed by atoms with E-state index >= 15 is 0 Å². The molecule has 0 radical (unpaired) electrons. The van der Waals surface area contributed by atoms with Crippen LogP contribution in [-0.4, -0.2) is 42.9 Å². The highest BCUT2D eigenvalue weighted by Gasteiger charge is 2.25. The third kappa shape index (κ3) is 6.16. The Morgan fingerprint density at radius 1 is 1.03 bits per heavy atom. The van der Waals surface area contributed by atoms with Gasteiger partial charge in [-0.05, 0) is 55.0 Å². The molecule has 0 fully saturated rings. The third-order valence-corrected chi connectivity index (χ3v) is 8.85. The maximum atomic E-state index is 13.6. The van der Waals surface area contributed by atoms with Crippen LogP contribution in [0.5, 0.6) is 0 Å². The summed E-state index contributed by atoms with van der Waals surface area (Å²) in [5.41, 5.74) is 2.94. The normalized spacial score (nSPS) is 11.8. The van der Waals surface area contributed by atoms with Crippen LogP contribution >= 0.6 is 27.3 Å². The van der Waals surface area contributed by atoms with E-state index in [-0.39, 0.29) is 23.5 Å². The maximum absolute atomic E-state index is 13.6. The van der Waals surface area contributed by atoms with Crippen molar-refractivity contribution in [2.45, 2.75) is 11.8 Å². The molecule has 10 heteroatoms. The van der Waals surface area contributed by atoms with Gasteiger partial charge in [0.2, 0.25) is 15.2 Å². The van der Waals surface area contributed by atoms with Crippen LogP contribution in [0.15, 0.2) is 107 Å². The quantitative estimate of drug-likeness (QED) is 0.118. The zero-order valence-corrected chi connectivity index (χ0v) is 23.8. The van der Waals surface area contributed by atoms with E-state index < -0.39 is 15.9 Å². The Balaban J connectivity index is 1.70. The van der Waals surface area contributed by atoms with Crippen molar-refractivity contribution in [2.75, 3.05) is 18.1 Å². The molecule has 7 nitrogen and oxygen atoms in total. The topological polar surface area (TPSA) is 82.9 Å². The van der Waals surface area contributed by atoms with Crippen LogP contribution in [0, 0.1) is 6.92 Å². The summed E-state index contributed by atoms with van der Waals surface area (Å²) in [5, 5.41) is 6.12. The number of sulfonamides is 1. The second-order valence-corrected chi connectivity index (χ2v) is 12.2. The van der Waals surface area contributed by atoms with Gasteiger partial charge in [-0.15, -0.1) is 13.2 Å². The predicted molar refractivity (Wildman–Crippen MR) is 158 cm³/mol. The molecule has 0 bridgehead atoms. The number of hydrogen-bond acceptors (Lipinski definition) is 6. The van der Waals surface area contributed by atoms with Gasteiger partial charge in [0.05, 0.1) is 21.3 Å². The molecule has 0 aliphatic heterocycles. The van der Waals surface area contributed by atoms with Gasteiger partial charge in [-0.2, -0.15) is 14.4 Å². The van der Waals surface area contributed by atoms with Gasteiger partial charge in [0.1, 0.15) is 0 Å². The number of thiazole rings is 1. The highest BCUT2D eigenvalue weighted by atomic mass is 79.9. The van der Waals surface area contributed by atoms with Gasteiger partial charge < -0.3 is 0 Å². The Morgan fingerprint density at radius 3 is 2.32 bits per heavy atom. The summed E-state index contributed by atoms with van der Waals surface area (Å²) in [4.78, 5) is 18.3. The van der Waals surface area contributed by atoms with Crippen LogP contribution < -0.4 is 5.01 Å². The van der Waals surface area contributed by atoms with E-state index in [1.54, 1.807) is 6.21 Å². The van der Waals surface area contributed by atoms with Crippen LogP contribution in [-0.2, 0) is 10.0 Å². The summed E-state index contributed by atoms with van der Waals surface area (Å²) in [7, 11) is -3.79. The van der Waals surface area contributed by atoms with E-state index in [1.165, 1.54) is 57.1 Å². The van der Waals surface area contributed by atoms with E-state index in [0.29, 0.717) is 5.13 Å². The fourth-order valence-electron chi connectivity index (χ4n) is 3.54. The number of fused-ring (bicyclic) bond motifs is 1. The van der Waals surface area contributed by atoms with E-state index in [0.717, 1.165) is 25.8 Å². The largest absolute Gasteiger partial charge is 0.280 e. The lowest BCUT2D eigenvalue weighted by Crippen LogP contribution is -2.31. The minimum atomic E-state index is -3.79. The molecule has 4 rings (SSSR count). The first-order valence-corrected chi connectivity index (χ1v) is 14.6. The number of aromatic nitrogens is 1. The molecular formula is C28H25BrN4O3S2. The van der Waals surface area contributed by atoms with Crippen molar-refractivity contribution in [1.29, 1.82) is 0 Å². The van der Waals surface area contributed by atoms with Gasteiger partial charge in [-0.25, -0.2) is 13.4 Å². The standard InChI is InChI=1S/C28H25BrN4O3S2/c1-4-16-32(17-5-2)38(35,36)24-13-10-22(11-14-24)27(34)33(30-19-21-8-6-20(3)7-9-21)28-31-25-15-12-23(29)18-26(25)37-28/h4-15,18-19H,1-2,16-17H2,3H3/b30-19+. The van der Waals surface area contributed by atoms with Crippen molar-refractivity contribution in [3.63, 3.8) is 0 Å². The Hall–Kier alpha value is -3.44. The summed E-state index contributed by atoms with van der Waals surface area (Å²) < 4.78 is 29.2. The second-order valence-electron chi connectivity index (χ2n) is 8.30. The molecule has 0 aliphatic carbocycles. The molecule has 194 valence electrons. The van der Waals surface area contributed by atoms with Crippen molar-refractivity contribution in [1.82, 2.24) is 9.29 Å². The second kappa shape index (κ2) is 12.0. The molecule has 0 saturated carbocycles. The van der Waals surface area contributed by atoms with Gasteiger partial charge >= 0.3 is 0 Å². The molecule has 38 heavy (non-hydrogen) atoms. The van der Waals surface area contributed by atoms with Crippen molar-refractivity contribution >= 4 is 64.8 Å². The number of nitrogens with zero attached hydrogens (tertiary/aromatic N) is 4. The van der Waals surface area contributed by atoms with Crippen molar-refractivity contribution in [3.8, 4) is 0 Å². The number of aryl methyl sites for hydroxylation is 1. The van der Waals surface area contributed by atoms with Gasteiger partial charge in [-0.3, -0.25) is 4.79 Å². The molecule has 0 saturated heterocycles. The molecular weight excluding hydrogens is 584 g/mol. The van der Waals surface area contributed by atoms with Gasteiger partial charge in [0.25, 0.3) is 5.91 Å². The molecule has 3 aromatic carbocycles. The molecule has 0 unspecified atom stereocenters. The Bertz CT molecular complexity index is 1600. The van der Waals surface area contributed by atoms with Crippen LogP contribution in [0.25, 0.3) is 10.2 Å². The first-order valence-electron chi connectivity index (χ1n) is 11.6. The predicted octanol–water partition coefficient (Wildman–Crippen LogP) is 6.41. The zero-order chi connectivity index (χ0) is 27.3. The minimum Gasteiger partial charge on any atom is -0.267 e. The number of anilines is 1. The highest BCUT2D eigenvalue weighted by Crippen LogP contribution is 2.32. The van der Waals surface area contributed by atoms with Crippen molar-refractivity contribution < 1.29 is 13.2 Å². The molecule has 0 spiro atoms. The van der Waals surface area contributed by atoms with Gasteiger partial charge in [0, 0.05) is 23.1 Å². The third-order valence-electron chi connectivity index (χ3n) is 5.52. The Labute approximate surface area is 234 Å². The van der Waals surface area contributed by atoms with E-state index in [4.69, 9.17) is 0 Å². The number of hydrazone groups is 1. The molecule has 1 amide bonds. The monoisotopic (exact) mass is 608 g/mol. The number of hydrogen-bond donors (Lipinski definition) is 0. The summed E-state index contributed by atoms with van der Waals surface area (Å²) in [6.45, 7) is 9.54. The smallest absolute Gasteiger partial charge is 0.267 e. The van der Waals surface area contributed by atoms with Crippen molar-refractivity contribution in [3.05, 3.63) is 113 Å². The average molecular weight is 610 g/mol. The van der Waals surface area contributed by atoms with Crippen LogP contribution in [0.3, 0.4) is 0 Å². The number of halogens is 1. The first kappa shape index (κ1) is 27.6. The summed E-state index contributed by atoms with van der Waals surface area (Å²) in [6.07, 6.45) is 4.62. The minimum absolute atomic E-state index is 0.0669. The Kier molecular flexibility index (Phi) is 8.68. The maximum Gasteiger partial charge on any atom is 0.280 e.